The number of oxime groups is 1. The van der Waals surface area contributed by atoms with Crippen molar-refractivity contribution in [2.24, 2.45) is 5.16 Å². The summed E-state index contributed by atoms with van der Waals surface area (Å²) in [6, 6.07) is 9.90. The Labute approximate surface area is 166 Å². The van der Waals surface area contributed by atoms with E-state index in [1.165, 1.54) is 25.3 Å². The molecule has 0 spiro atoms. The highest BCUT2D eigenvalue weighted by Gasteiger charge is 2.75. The van der Waals surface area contributed by atoms with E-state index in [1.54, 1.807) is 0 Å². The third-order valence-corrected chi connectivity index (χ3v) is 6.37. The van der Waals surface area contributed by atoms with Gasteiger partial charge in [0.25, 0.3) is 15.4 Å². The molecule has 0 saturated heterocycles. The molecule has 0 aromatic heterocycles. The molecule has 5 nitrogen and oxygen atoms in total. The van der Waals surface area contributed by atoms with E-state index in [4.69, 9.17) is 4.74 Å². The summed E-state index contributed by atoms with van der Waals surface area (Å²) in [5.41, 5.74) is -12.0. The van der Waals surface area contributed by atoms with Crippen molar-refractivity contribution in [1.82, 2.24) is 0 Å². The number of halogens is 6. The molecule has 1 heterocycles. The molecule has 2 aromatic carbocycles. The van der Waals surface area contributed by atoms with E-state index >= 15 is 0 Å². The Hall–Kier alpha value is -2.76. The standard InChI is InChI=1S/C18H13F6NO4S/c1-28-13-9-7-11(8-10-13)14-15(30(26,27)18(22,23)24)16(29-25-14,17(19,20)21)12-5-3-2-4-6-12/h2-10,15H,1H3/t15-,16-/m0/s1. The number of methoxy groups -OCH3 is 1. The fraction of sp³-hybridized carbons (Fsp3) is 0.278. The van der Waals surface area contributed by atoms with Crippen LogP contribution in [0.2, 0.25) is 0 Å². The molecule has 12 heteroatoms. The van der Waals surface area contributed by atoms with Crippen LogP contribution in [0.15, 0.2) is 59.8 Å². The fourth-order valence-electron chi connectivity index (χ4n) is 3.13. The van der Waals surface area contributed by atoms with E-state index in [9.17, 15) is 34.8 Å². The van der Waals surface area contributed by atoms with Crippen LogP contribution in [0.1, 0.15) is 11.1 Å². The third kappa shape index (κ3) is 3.28. The molecule has 0 saturated carbocycles. The predicted molar refractivity (Wildman–Crippen MR) is 93.6 cm³/mol. The molecule has 1 aliphatic heterocycles. The Balaban J connectivity index is 2.31. The van der Waals surface area contributed by atoms with Gasteiger partial charge in [-0.1, -0.05) is 35.5 Å². The number of nitrogens with zero attached hydrogens (tertiary/aromatic N) is 1. The van der Waals surface area contributed by atoms with Crippen molar-refractivity contribution in [3.8, 4) is 5.75 Å². The molecular weight excluding hydrogens is 440 g/mol. The quantitative estimate of drug-likeness (QED) is 0.652. The third-order valence-electron chi connectivity index (χ3n) is 4.55. The zero-order valence-corrected chi connectivity index (χ0v) is 15.8. The average molecular weight is 453 g/mol. The summed E-state index contributed by atoms with van der Waals surface area (Å²) < 4.78 is 113. The lowest BCUT2D eigenvalue weighted by atomic mass is 9.86. The fourth-order valence-corrected chi connectivity index (χ4v) is 4.62. The first-order chi connectivity index (χ1) is 13.9. The number of ether oxygens (including phenoxy) is 1. The van der Waals surface area contributed by atoms with Gasteiger partial charge in [-0.25, -0.2) is 8.42 Å². The first-order valence-corrected chi connectivity index (χ1v) is 9.74. The van der Waals surface area contributed by atoms with Gasteiger partial charge >= 0.3 is 11.7 Å². The minimum absolute atomic E-state index is 0.249. The van der Waals surface area contributed by atoms with Crippen LogP contribution in [0.3, 0.4) is 0 Å². The van der Waals surface area contributed by atoms with Crippen molar-refractivity contribution in [1.29, 1.82) is 0 Å². The zero-order valence-electron chi connectivity index (χ0n) is 15.0. The second-order valence-electron chi connectivity index (χ2n) is 6.27. The van der Waals surface area contributed by atoms with Gasteiger partial charge in [0.2, 0.25) is 0 Å². The number of sulfone groups is 1. The summed E-state index contributed by atoms with van der Waals surface area (Å²) in [5, 5.41) is -0.0257. The van der Waals surface area contributed by atoms with E-state index in [-0.39, 0.29) is 11.3 Å². The van der Waals surface area contributed by atoms with Crippen molar-refractivity contribution in [3.63, 3.8) is 0 Å². The maximum absolute atomic E-state index is 14.2. The second kappa shape index (κ2) is 7.18. The summed E-state index contributed by atoms with van der Waals surface area (Å²) in [5.74, 6) is 0.249. The summed E-state index contributed by atoms with van der Waals surface area (Å²) in [7, 11) is -5.14. The molecule has 1 aliphatic rings. The van der Waals surface area contributed by atoms with E-state index in [0.29, 0.717) is 0 Å². The molecule has 0 unspecified atom stereocenters. The highest BCUT2D eigenvalue weighted by atomic mass is 32.2. The minimum Gasteiger partial charge on any atom is -0.497 e. The molecule has 0 radical (unpaired) electrons. The molecular formula is C18H13F6NO4S. The average Bonchev–Trinajstić information content (AvgIpc) is 3.10. The van der Waals surface area contributed by atoms with E-state index in [2.05, 4.69) is 9.99 Å². The molecule has 162 valence electrons. The molecule has 0 aliphatic carbocycles. The first-order valence-electron chi connectivity index (χ1n) is 8.19. The number of rotatable bonds is 4. The van der Waals surface area contributed by atoms with Crippen LogP contribution in [0, 0.1) is 0 Å². The van der Waals surface area contributed by atoms with Gasteiger partial charge < -0.3 is 9.57 Å². The van der Waals surface area contributed by atoms with Gasteiger partial charge in [0, 0.05) is 11.1 Å². The molecule has 0 amide bonds. The maximum Gasteiger partial charge on any atom is 0.498 e. The predicted octanol–water partition coefficient (Wildman–Crippen LogP) is 4.19. The number of hydrogen-bond donors (Lipinski definition) is 0. The van der Waals surface area contributed by atoms with Crippen LogP contribution in [-0.4, -0.2) is 38.2 Å². The number of benzene rings is 2. The number of alkyl halides is 6. The summed E-state index contributed by atoms with van der Waals surface area (Å²) in [4.78, 5) is 4.56. The lowest BCUT2D eigenvalue weighted by molar-refractivity contribution is -0.274. The molecule has 30 heavy (non-hydrogen) atoms. The Morgan fingerprint density at radius 3 is 2.00 bits per heavy atom. The van der Waals surface area contributed by atoms with Gasteiger partial charge in [-0.2, -0.15) is 26.3 Å². The van der Waals surface area contributed by atoms with Crippen molar-refractivity contribution in [2.45, 2.75) is 22.5 Å². The van der Waals surface area contributed by atoms with Gasteiger partial charge in [0.15, 0.2) is 5.25 Å². The SMILES string of the molecule is COc1ccc(C2=NO[C@](c3ccccc3)(C(F)(F)F)[C@H]2S(=O)(=O)C(F)(F)F)cc1. The van der Waals surface area contributed by atoms with Crippen molar-refractivity contribution < 1.29 is 44.3 Å². The summed E-state index contributed by atoms with van der Waals surface area (Å²) >= 11 is 0. The Bertz CT molecular complexity index is 1050. The van der Waals surface area contributed by atoms with Crippen LogP contribution < -0.4 is 4.74 Å². The van der Waals surface area contributed by atoms with Gasteiger partial charge in [0.1, 0.15) is 11.5 Å². The van der Waals surface area contributed by atoms with Gasteiger partial charge in [-0.05, 0) is 24.3 Å². The zero-order chi connectivity index (χ0) is 22.4. The Morgan fingerprint density at radius 1 is 0.967 bits per heavy atom. The Kier molecular flexibility index (Phi) is 5.25. The maximum atomic E-state index is 14.2. The lowest BCUT2D eigenvalue weighted by Gasteiger charge is -2.35. The lowest BCUT2D eigenvalue weighted by Crippen LogP contribution is -2.58. The van der Waals surface area contributed by atoms with E-state index < -0.39 is 43.6 Å². The van der Waals surface area contributed by atoms with Crippen LogP contribution in [-0.2, 0) is 20.3 Å². The topological polar surface area (TPSA) is 65.0 Å². The largest absolute Gasteiger partial charge is 0.498 e. The van der Waals surface area contributed by atoms with Crippen LogP contribution in [0.25, 0.3) is 0 Å². The monoisotopic (exact) mass is 453 g/mol. The Morgan fingerprint density at radius 2 is 1.53 bits per heavy atom. The summed E-state index contributed by atoms with van der Waals surface area (Å²) in [6.07, 6.45) is -5.56. The van der Waals surface area contributed by atoms with E-state index in [1.807, 2.05) is 0 Å². The van der Waals surface area contributed by atoms with Gasteiger partial charge in [-0.15, -0.1) is 0 Å². The van der Waals surface area contributed by atoms with Crippen LogP contribution in [0.4, 0.5) is 26.3 Å². The van der Waals surface area contributed by atoms with Crippen molar-refractivity contribution >= 4 is 15.5 Å². The van der Waals surface area contributed by atoms with Gasteiger partial charge in [-0.3, -0.25) is 0 Å². The molecule has 2 atom stereocenters. The highest BCUT2D eigenvalue weighted by molar-refractivity contribution is 7.93. The van der Waals surface area contributed by atoms with Crippen molar-refractivity contribution in [3.05, 3.63) is 65.7 Å². The second-order valence-corrected chi connectivity index (χ2v) is 8.29. The van der Waals surface area contributed by atoms with Crippen LogP contribution >= 0.6 is 0 Å². The van der Waals surface area contributed by atoms with Crippen molar-refractivity contribution in [2.75, 3.05) is 7.11 Å². The molecule has 2 aromatic rings. The first kappa shape index (κ1) is 21.9. The molecule has 0 bridgehead atoms. The van der Waals surface area contributed by atoms with E-state index in [0.717, 1.165) is 36.4 Å². The normalized spacial score (nSPS) is 22.4. The molecule has 3 rings (SSSR count). The van der Waals surface area contributed by atoms with Gasteiger partial charge in [0.05, 0.1) is 7.11 Å². The highest BCUT2D eigenvalue weighted by Crippen LogP contribution is 2.53. The molecule has 0 fully saturated rings. The molecule has 0 N–H and O–H groups in total. The minimum atomic E-state index is -6.44. The van der Waals surface area contributed by atoms with Crippen LogP contribution in [0.5, 0.6) is 5.75 Å². The smallest absolute Gasteiger partial charge is 0.497 e. The number of hydrogen-bond acceptors (Lipinski definition) is 5. The summed E-state index contributed by atoms with van der Waals surface area (Å²) in [6.45, 7) is 0.